The second-order valence-corrected chi connectivity index (χ2v) is 7.60. The number of fused-ring (bicyclic) bond motifs is 9. The molecule has 0 saturated heterocycles. The first-order chi connectivity index (χ1) is 18.9. The molecule has 180 valence electrons. The van der Waals surface area contributed by atoms with Gasteiger partial charge in [-0.1, -0.05) is 11.6 Å². The van der Waals surface area contributed by atoms with Crippen LogP contribution in [0.5, 0.6) is 0 Å². The predicted molar refractivity (Wildman–Crippen MR) is 121 cm³/mol. The van der Waals surface area contributed by atoms with Gasteiger partial charge in [-0.15, -0.1) is 0 Å². The third-order valence-corrected chi connectivity index (χ3v) is 5.40. The minimum absolute atomic E-state index is 0.0490. The summed E-state index contributed by atoms with van der Waals surface area (Å²) in [4.78, 5) is 51.3. The lowest BCUT2D eigenvalue weighted by molar-refractivity contribution is 0.576. The van der Waals surface area contributed by atoms with Gasteiger partial charge in [0.05, 0.1) is 0 Å². The normalized spacial score (nSPS) is 11.4. The van der Waals surface area contributed by atoms with E-state index in [1.807, 2.05) is 0 Å². The molecule has 39 heavy (non-hydrogen) atoms. The van der Waals surface area contributed by atoms with E-state index in [-0.39, 0.29) is 67.0 Å². The van der Waals surface area contributed by atoms with Crippen molar-refractivity contribution in [3.05, 3.63) is 40.6 Å². The van der Waals surface area contributed by atoms with Crippen molar-refractivity contribution >= 4 is 72.8 Å². The van der Waals surface area contributed by atoms with E-state index < -0.39 is 35.0 Å². The van der Waals surface area contributed by atoms with Crippen LogP contribution < -0.4 is 0 Å². The molecule has 0 N–H and O–H groups in total. The highest BCUT2D eigenvalue weighted by Gasteiger charge is 2.23. The third-order valence-electron chi connectivity index (χ3n) is 5.40. The van der Waals surface area contributed by atoms with Gasteiger partial charge in [-0.05, 0) is 0 Å². The Morgan fingerprint density at radius 1 is 0.462 bits per heavy atom. The Morgan fingerprint density at radius 3 is 1.10 bits per heavy atom. The minimum Gasteiger partial charge on any atom is -0.357 e. The maximum absolute atomic E-state index is 14.2. The molecular weight excluding hydrogens is 519 g/mol. The van der Waals surface area contributed by atoms with Crippen molar-refractivity contribution in [2.75, 3.05) is 0 Å². The van der Waals surface area contributed by atoms with Crippen molar-refractivity contribution < 1.29 is 13.2 Å². The van der Waals surface area contributed by atoms with Crippen LogP contribution in [-0.4, -0.2) is 59.8 Å². The van der Waals surface area contributed by atoms with Crippen LogP contribution >= 0.6 is 0 Å². The zero-order valence-corrected chi connectivity index (χ0v) is 18.3. The van der Waals surface area contributed by atoms with Gasteiger partial charge in [-0.2, -0.15) is 38.6 Å². The summed E-state index contributed by atoms with van der Waals surface area (Å²) in [6.45, 7) is 7.09. The van der Waals surface area contributed by atoms with E-state index in [0.717, 1.165) is 0 Å². The standard InChI is InChI=1S/C21F3N15/c1-27-15-14(24)38-20-21(39-15)35-11-9-6(30-17-19(33-9)37-13(23)5(3-26)29-17)8-7(10(11)34-20)31-16-18(32-8)36-12(22)4(2-25)28-16. The first kappa shape index (κ1) is 21.8. The fourth-order valence-corrected chi connectivity index (χ4v) is 3.79. The van der Waals surface area contributed by atoms with Gasteiger partial charge in [-0.25, -0.2) is 39.9 Å². The minimum atomic E-state index is -1.19. The van der Waals surface area contributed by atoms with Crippen molar-refractivity contribution in [2.45, 2.75) is 0 Å². The molecule has 0 aliphatic carbocycles. The van der Waals surface area contributed by atoms with Crippen LogP contribution in [0.2, 0.25) is 0 Å². The van der Waals surface area contributed by atoms with E-state index in [1.54, 1.807) is 12.1 Å². The average molecular weight is 519 g/mol. The van der Waals surface area contributed by atoms with E-state index in [9.17, 15) is 13.2 Å². The van der Waals surface area contributed by atoms with Gasteiger partial charge in [-0.3, -0.25) is 0 Å². The Hall–Kier alpha value is -6.48. The van der Waals surface area contributed by atoms with Crippen LogP contribution in [0.4, 0.5) is 19.0 Å². The molecule has 0 amide bonds. The first-order valence-corrected chi connectivity index (χ1v) is 10.3. The number of nitriles is 2. The number of nitrogens with zero attached hydrogens (tertiary/aromatic N) is 15. The lowest BCUT2D eigenvalue weighted by atomic mass is 10.2. The summed E-state index contributed by atoms with van der Waals surface area (Å²) >= 11 is 0. The largest absolute Gasteiger partial charge is 0.357 e. The predicted octanol–water partition coefficient (Wildman–Crippen LogP) is 2.06. The molecule has 0 bridgehead atoms. The highest BCUT2D eigenvalue weighted by atomic mass is 19.1. The van der Waals surface area contributed by atoms with Gasteiger partial charge < -0.3 is 4.85 Å². The SMILES string of the molecule is [C-]#[N+]c1nc2nc3c4nc5nc(F)c(C#N)nc5nc4c4nc5nc(F)c(C#N)nc5nc4c3nc2nc1F. The van der Waals surface area contributed by atoms with Crippen LogP contribution in [0.25, 0.3) is 71.8 Å². The molecule has 0 aliphatic heterocycles. The average Bonchev–Trinajstić information content (AvgIpc) is 2.93. The lowest BCUT2D eigenvalue weighted by Crippen LogP contribution is -2.05. The van der Waals surface area contributed by atoms with E-state index in [2.05, 4.69) is 64.7 Å². The molecule has 7 aromatic rings. The molecule has 18 heteroatoms. The smallest absolute Gasteiger partial charge is 0.327 e. The monoisotopic (exact) mass is 519 g/mol. The van der Waals surface area contributed by atoms with Gasteiger partial charge in [0.25, 0.3) is 17.5 Å². The zero-order chi connectivity index (χ0) is 27.0. The Bertz CT molecular complexity index is 2130. The van der Waals surface area contributed by atoms with Crippen molar-refractivity contribution in [1.82, 2.24) is 59.8 Å². The van der Waals surface area contributed by atoms with Gasteiger partial charge in [0.15, 0.2) is 22.7 Å². The van der Waals surface area contributed by atoms with E-state index in [0.29, 0.717) is 0 Å². The van der Waals surface area contributed by atoms with Crippen molar-refractivity contribution in [3.8, 4) is 12.1 Å². The summed E-state index contributed by atoms with van der Waals surface area (Å²) in [6.07, 6.45) is 0. The molecule has 7 rings (SSSR count). The number of aromatic nitrogens is 12. The molecule has 0 aliphatic rings. The number of halogens is 3. The molecule has 0 spiro atoms. The molecule has 1 aromatic carbocycles. The molecule has 6 heterocycles. The second-order valence-electron chi connectivity index (χ2n) is 7.60. The van der Waals surface area contributed by atoms with Gasteiger partial charge in [0.2, 0.25) is 22.9 Å². The summed E-state index contributed by atoms with van der Waals surface area (Å²) in [5, 5.41) is 18.3. The molecule has 0 unspecified atom stereocenters. The van der Waals surface area contributed by atoms with Crippen LogP contribution in [-0.2, 0) is 0 Å². The molecule has 0 atom stereocenters. The molecule has 0 radical (unpaired) electrons. The molecule has 0 saturated carbocycles. The maximum atomic E-state index is 14.2. The number of rotatable bonds is 0. The highest BCUT2D eigenvalue weighted by molar-refractivity contribution is 6.20. The highest BCUT2D eigenvalue weighted by Crippen LogP contribution is 2.32. The summed E-state index contributed by atoms with van der Waals surface area (Å²) in [7, 11) is 0. The topological polar surface area (TPSA) is 207 Å². The Kier molecular flexibility index (Phi) is 4.19. The first-order valence-electron chi connectivity index (χ1n) is 10.3. The number of benzene rings is 1. The quantitative estimate of drug-likeness (QED) is 0.160. The number of hydrogen-bond donors (Lipinski definition) is 0. The summed E-state index contributed by atoms with van der Waals surface area (Å²) in [6, 6.07) is 3.11. The van der Waals surface area contributed by atoms with Crippen LogP contribution in [0.15, 0.2) is 0 Å². The van der Waals surface area contributed by atoms with E-state index >= 15 is 0 Å². The van der Waals surface area contributed by atoms with Gasteiger partial charge in [0.1, 0.15) is 45.2 Å². The molecule has 0 fully saturated rings. The zero-order valence-electron chi connectivity index (χ0n) is 18.3. The molecule has 6 aromatic heterocycles. The maximum Gasteiger partial charge on any atom is 0.327 e. The van der Waals surface area contributed by atoms with Crippen LogP contribution in [0.1, 0.15) is 11.4 Å². The Morgan fingerprint density at radius 2 is 0.769 bits per heavy atom. The second kappa shape index (κ2) is 7.51. The molecular formula is C21F3N15. The van der Waals surface area contributed by atoms with Gasteiger partial charge >= 0.3 is 5.82 Å². The Balaban J connectivity index is 1.75. The fraction of sp³-hybridized carbons (Fsp3) is 0. The van der Waals surface area contributed by atoms with Crippen molar-refractivity contribution in [3.63, 3.8) is 0 Å². The molecule has 15 nitrogen and oxygen atoms in total. The summed E-state index contributed by atoms with van der Waals surface area (Å²) < 4.78 is 42.7. The lowest BCUT2D eigenvalue weighted by Gasteiger charge is -2.08. The van der Waals surface area contributed by atoms with Crippen LogP contribution in [0.3, 0.4) is 0 Å². The third kappa shape index (κ3) is 3.01. The summed E-state index contributed by atoms with van der Waals surface area (Å²) in [5.74, 6) is -4.21. The fourth-order valence-electron chi connectivity index (χ4n) is 3.79. The van der Waals surface area contributed by atoms with Gasteiger partial charge in [0, 0.05) is 0 Å². The van der Waals surface area contributed by atoms with Crippen molar-refractivity contribution in [2.24, 2.45) is 0 Å². The number of hydrogen-bond acceptors (Lipinski definition) is 14. The van der Waals surface area contributed by atoms with E-state index in [4.69, 9.17) is 17.1 Å². The van der Waals surface area contributed by atoms with Crippen molar-refractivity contribution in [1.29, 1.82) is 10.5 Å². The summed E-state index contributed by atoms with van der Waals surface area (Å²) in [5.41, 5.74) is -3.20. The van der Waals surface area contributed by atoms with Crippen LogP contribution in [0, 0.1) is 47.1 Å². The van der Waals surface area contributed by atoms with E-state index in [1.165, 1.54) is 0 Å². The Labute approximate surface area is 209 Å².